The van der Waals surface area contributed by atoms with Gasteiger partial charge in [0.25, 0.3) is 0 Å². The van der Waals surface area contributed by atoms with Gasteiger partial charge < -0.3 is 4.74 Å². The van der Waals surface area contributed by atoms with Gasteiger partial charge in [-0.1, -0.05) is 29.8 Å². The van der Waals surface area contributed by atoms with Gasteiger partial charge in [0.05, 0.1) is 13.7 Å². The minimum Gasteiger partial charge on any atom is -0.465 e. The first-order valence-corrected chi connectivity index (χ1v) is 6.10. The van der Waals surface area contributed by atoms with Crippen molar-refractivity contribution in [2.75, 3.05) is 7.11 Å². The average Bonchev–Trinajstić information content (AvgIpc) is 2.82. The predicted molar refractivity (Wildman–Crippen MR) is 68.8 cm³/mol. The van der Waals surface area contributed by atoms with E-state index in [0.29, 0.717) is 0 Å². The van der Waals surface area contributed by atoms with E-state index in [-0.39, 0.29) is 6.54 Å². The number of hydrogen-bond donors (Lipinski definition) is 0. The normalized spacial score (nSPS) is 11.5. The number of carbonyl (C=O) groups is 1. The van der Waals surface area contributed by atoms with Gasteiger partial charge in [-0.05, 0) is 12.5 Å². The molecule has 0 unspecified atom stereocenters. The van der Waals surface area contributed by atoms with Gasteiger partial charge in [-0.3, -0.25) is 4.68 Å². The lowest BCUT2D eigenvalue weighted by molar-refractivity contribution is -0.142. The van der Waals surface area contributed by atoms with Crippen molar-refractivity contribution >= 4 is 5.97 Å². The number of rotatable bonds is 3. The SMILES string of the molecule is COC(=O)c1cn(Cc2cccc(C)c2)nc1C(F)(F)F. The maximum Gasteiger partial charge on any atom is 0.436 e. The summed E-state index contributed by atoms with van der Waals surface area (Å²) >= 11 is 0. The summed E-state index contributed by atoms with van der Waals surface area (Å²) in [7, 11) is 1.03. The van der Waals surface area contributed by atoms with Crippen molar-refractivity contribution in [2.24, 2.45) is 0 Å². The summed E-state index contributed by atoms with van der Waals surface area (Å²) in [6, 6.07) is 7.31. The van der Waals surface area contributed by atoms with Crippen LogP contribution in [-0.4, -0.2) is 22.9 Å². The summed E-state index contributed by atoms with van der Waals surface area (Å²) in [4.78, 5) is 11.4. The van der Waals surface area contributed by atoms with Crippen LogP contribution < -0.4 is 0 Å². The van der Waals surface area contributed by atoms with Crippen LogP contribution in [0.4, 0.5) is 13.2 Å². The lowest BCUT2D eigenvalue weighted by Crippen LogP contribution is -2.13. The maximum atomic E-state index is 12.9. The maximum absolute atomic E-state index is 12.9. The quantitative estimate of drug-likeness (QED) is 0.818. The Hall–Kier alpha value is -2.31. The molecule has 7 heteroatoms. The van der Waals surface area contributed by atoms with E-state index >= 15 is 0 Å². The number of aromatic nitrogens is 2. The molecular weight excluding hydrogens is 285 g/mol. The highest BCUT2D eigenvalue weighted by molar-refractivity contribution is 5.90. The number of alkyl halides is 3. The first-order valence-electron chi connectivity index (χ1n) is 6.10. The number of carbonyl (C=O) groups excluding carboxylic acids is 1. The zero-order valence-electron chi connectivity index (χ0n) is 11.4. The van der Waals surface area contributed by atoms with E-state index in [1.165, 1.54) is 0 Å². The lowest BCUT2D eigenvalue weighted by Gasteiger charge is -2.04. The molecule has 0 aliphatic rings. The molecule has 0 spiro atoms. The van der Waals surface area contributed by atoms with Gasteiger partial charge in [0, 0.05) is 6.20 Å². The zero-order valence-corrected chi connectivity index (χ0v) is 11.4. The monoisotopic (exact) mass is 298 g/mol. The van der Waals surface area contributed by atoms with Crippen LogP contribution in [0.1, 0.15) is 27.2 Å². The predicted octanol–water partition coefficient (Wildman–Crippen LogP) is 3.05. The van der Waals surface area contributed by atoms with Gasteiger partial charge >= 0.3 is 12.1 Å². The fraction of sp³-hybridized carbons (Fsp3) is 0.286. The van der Waals surface area contributed by atoms with Crippen molar-refractivity contribution in [3.05, 3.63) is 52.8 Å². The first-order chi connectivity index (χ1) is 9.81. The molecule has 2 aromatic rings. The molecule has 112 valence electrons. The Morgan fingerprint density at radius 1 is 1.38 bits per heavy atom. The highest BCUT2D eigenvalue weighted by Crippen LogP contribution is 2.31. The van der Waals surface area contributed by atoms with E-state index in [9.17, 15) is 18.0 Å². The third kappa shape index (κ3) is 3.42. The molecule has 4 nitrogen and oxygen atoms in total. The van der Waals surface area contributed by atoms with E-state index in [4.69, 9.17) is 0 Å². The molecule has 0 amide bonds. The van der Waals surface area contributed by atoms with Crippen molar-refractivity contribution < 1.29 is 22.7 Å². The van der Waals surface area contributed by atoms with E-state index in [2.05, 4.69) is 9.84 Å². The topological polar surface area (TPSA) is 44.1 Å². The first kappa shape index (κ1) is 15.1. The Morgan fingerprint density at radius 2 is 2.10 bits per heavy atom. The molecule has 2 rings (SSSR count). The molecule has 21 heavy (non-hydrogen) atoms. The molecule has 0 saturated heterocycles. The lowest BCUT2D eigenvalue weighted by atomic mass is 10.1. The zero-order chi connectivity index (χ0) is 15.6. The molecule has 1 aromatic heterocycles. The smallest absolute Gasteiger partial charge is 0.436 e. The molecule has 0 aliphatic heterocycles. The second kappa shape index (κ2) is 5.59. The molecule has 0 saturated carbocycles. The van der Waals surface area contributed by atoms with Gasteiger partial charge in [-0.2, -0.15) is 18.3 Å². The van der Waals surface area contributed by atoms with Crippen LogP contribution in [0, 0.1) is 6.92 Å². The molecular formula is C14H13F3N2O2. The standard InChI is InChI=1S/C14H13F3N2O2/c1-9-4-3-5-10(6-9)7-19-8-11(13(20)21-2)12(18-19)14(15,16)17/h3-6,8H,7H2,1-2H3. The van der Waals surface area contributed by atoms with Crippen molar-refractivity contribution in [1.29, 1.82) is 0 Å². The summed E-state index contributed by atoms with van der Waals surface area (Å²) in [5.74, 6) is -1.06. The van der Waals surface area contributed by atoms with Crippen molar-refractivity contribution in [3.63, 3.8) is 0 Å². The van der Waals surface area contributed by atoms with Crippen molar-refractivity contribution in [2.45, 2.75) is 19.6 Å². The van der Waals surface area contributed by atoms with Crippen molar-refractivity contribution in [3.8, 4) is 0 Å². The molecule has 0 radical (unpaired) electrons. The molecule has 0 atom stereocenters. The molecule has 1 heterocycles. The Bertz CT molecular complexity index is 662. The van der Waals surface area contributed by atoms with Gasteiger partial charge in [0.2, 0.25) is 0 Å². The number of nitrogens with zero attached hydrogens (tertiary/aromatic N) is 2. The minimum absolute atomic E-state index is 0.141. The number of ether oxygens (including phenoxy) is 1. The molecule has 0 bridgehead atoms. The van der Waals surface area contributed by atoms with Crippen LogP contribution >= 0.6 is 0 Å². The molecule has 0 aliphatic carbocycles. The minimum atomic E-state index is -4.71. The summed E-state index contributed by atoms with van der Waals surface area (Å²) in [5.41, 5.74) is -0.0359. The highest BCUT2D eigenvalue weighted by atomic mass is 19.4. The van der Waals surface area contributed by atoms with Crippen LogP contribution in [0.25, 0.3) is 0 Å². The van der Waals surface area contributed by atoms with E-state index < -0.39 is 23.4 Å². The third-order valence-electron chi connectivity index (χ3n) is 2.86. The average molecular weight is 298 g/mol. The highest BCUT2D eigenvalue weighted by Gasteiger charge is 2.39. The van der Waals surface area contributed by atoms with Gasteiger partial charge in [-0.15, -0.1) is 0 Å². The second-order valence-electron chi connectivity index (χ2n) is 4.57. The van der Waals surface area contributed by atoms with Gasteiger partial charge in [0.1, 0.15) is 5.56 Å². The van der Waals surface area contributed by atoms with E-state index in [0.717, 1.165) is 29.1 Å². The number of hydrogen-bond acceptors (Lipinski definition) is 3. The Kier molecular flexibility index (Phi) is 4.02. The fourth-order valence-corrected chi connectivity index (χ4v) is 1.97. The summed E-state index contributed by atoms with van der Waals surface area (Å²) in [5, 5.41) is 3.47. The number of benzene rings is 1. The molecule has 0 N–H and O–H groups in total. The van der Waals surface area contributed by atoms with Crippen LogP contribution in [0.5, 0.6) is 0 Å². The Morgan fingerprint density at radius 3 is 2.67 bits per heavy atom. The van der Waals surface area contributed by atoms with Gasteiger partial charge in [-0.25, -0.2) is 4.79 Å². The summed E-state index contributed by atoms with van der Waals surface area (Å²) < 4.78 is 44.1. The van der Waals surface area contributed by atoms with Crippen LogP contribution in [0.3, 0.4) is 0 Å². The second-order valence-corrected chi connectivity index (χ2v) is 4.57. The van der Waals surface area contributed by atoms with E-state index in [1.54, 1.807) is 12.1 Å². The van der Waals surface area contributed by atoms with Crippen LogP contribution in [0.2, 0.25) is 0 Å². The number of halogens is 3. The fourth-order valence-electron chi connectivity index (χ4n) is 1.97. The third-order valence-corrected chi connectivity index (χ3v) is 2.86. The summed E-state index contributed by atoms with van der Waals surface area (Å²) in [6.45, 7) is 2.02. The summed E-state index contributed by atoms with van der Waals surface area (Å²) in [6.07, 6.45) is -3.65. The number of methoxy groups -OCH3 is 1. The Balaban J connectivity index is 2.37. The van der Waals surface area contributed by atoms with Gasteiger partial charge in [0.15, 0.2) is 5.69 Å². The number of aryl methyl sites for hydroxylation is 1. The molecule has 0 fully saturated rings. The van der Waals surface area contributed by atoms with E-state index in [1.807, 2.05) is 19.1 Å². The number of esters is 1. The molecule has 1 aromatic carbocycles. The largest absolute Gasteiger partial charge is 0.465 e. The van der Waals surface area contributed by atoms with Crippen LogP contribution in [-0.2, 0) is 17.5 Å². The van der Waals surface area contributed by atoms with Crippen LogP contribution in [0.15, 0.2) is 30.5 Å². The Labute approximate surface area is 119 Å². The van der Waals surface area contributed by atoms with Crippen molar-refractivity contribution in [1.82, 2.24) is 9.78 Å².